The van der Waals surface area contributed by atoms with Crippen molar-refractivity contribution in [2.45, 2.75) is 39.2 Å². The molecule has 1 spiro atoms. The van der Waals surface area contributed by atoms with Crippen LogP contribution < -0.4 is 5.32 Å². The molecule has 5 heteroatoms. The van der Waals surface area contributed by atoms with Crippen molar-refractivity contribution in [3.8, 4) is 0 Å². The van der Waals surface area contributed by atoms with E-state index in [9.17, 15) is 9.59 Å². The van der Waals surface area contributed by atoms with Gasteiger partial charge in [0.2, 0.25) is 11.8 Å². The standard InChI is InChI=1S/C20H28N2O3/c1-15(2)21-19(24)17-13-22(14-20(17)8-10-25-11-9-20)18(23)12-16-6-4-3-5-7-16/h3-7,15,17H,8-14H2,1-2H3,(H,21,24)/t17-/m1/s1. The maximum Gasteiger partial charge on any atom is 0.227 e. The van der Waals surface area contributed by atoms with Crippen LogP contribution >= 0.6 is 0 Å². The Labute approximate surface area is 149 Å². The first-order chi connectivity index (χ1) is 12.0. The summed E-state index contributed by atoms with van der Waals surface area (Å²) in [6, 6.07) is 9.91. The van der Waals surface area contributed by atoms with Crippen LogP contribution in [0.3, 0.4) is 0 Å². The molecule has 1 aromatic rings. The van der Waals surface area contributed by atoms with Crippen molar-refractivity contribution < 1.29 is 14.3 Å². The number of amides is 2. The van der Waals surface area contributed by atoms with Gasteiger partial charge in [0.1, 0.15) is 0 Å². The molecule has 0 radical (unpaired) electrons. The molecule has 1 atom stereocenters. The molecule has 2 heterocycles. The van der Waals surface area contributed by atoms with Gasteiger partial charge in [0.25, 0.3) is 0 Å². The fourth-order valence-electron chi connectivity index (χ4n) is 4.07. The van der Waals surface area contributed by atoms with Gasteiger partial charge in [-0.3, -0.25) is 9.59 Å². The Morgan fingerprint density at radius 3 is 2.56 bits per heavy atom. The fraction of sp³-hybridized carbons (Fsp3) is 0.600. The van der Waals surface area contributed by atoms with E-state index in [-0.39, 0.29) is 29.2 Å². The number of ether oxygens (including phenoxy) is 1. The van der Waals surface area contributed by atoms with Gasteiger partial charge in [-0.25, -0.2) is 0 Å². The zero-order valence-electron chi connectivity index (χ0n) is 15.2. The molecule has 2 amide bonds. The predicted molar refractivity (Wildman–Crippen MR) is 96.0 cm³/mol. The molecule has 0 bridgehead atoms. The summed E-state index contributed by atoms with van der Waals surface area (Å²) in [6.07, 6.45) is 2.09. The number of nitrogens with zero attached hydrogens (tertiary/aromatic N) is 1. The van der Waals surface area contributed by atoms with Gasteiger partial charge in [-0.05, 0) is 32.3 Å². The van der Waals surface area contributed by atoms with E-state index in [1.165, 1.54) is 0 Å². The number of rotatable bonds is 4. The monoisotopic (exact) mass is 344 g/mol. The van der Waals surface area contributed by atoms with Crippen molar-refractivity contribution in [3.05, 3.63) is 35.9 Å². The van der Waals surface area contributed by atoms with Gasteiger partial charge in [0.05, 0.1) is 12.3 Å². The number of hydrogen-bond donors (Lipinski definition) is 1. The van der Waals surface area contributed by atoms with E-state index in [0.717, 1.165) is 18.4 Å². The summed E-state index contributed by atoms with van der Waals surface area (Å²) in [5.74, 6) is 0.0438. The van der Waals surface area contributed by atoms with Crippen molar-refractivity contribution in [1.82, 2.24) is 10.2 Å². The van der Waals surface area contributed by atoms with E-state index < -0.39 is 0 Å². The van der Waals surface area contributed by atoms with Crippen molar-refractivity contribution >= 4 is 11.8 Å². The summed E-state index contributed by atoms with van der Waals surface area (Å²) < 4.78 is 5.52. The van der Waals surface area contributed by atoms with Crippen LogP contribution in [-0.4, -0.2) is 49.1 Å². The second-order valence-electron chi connectivity index (χ2n) is 7.63. The third kappa shape index (κ3) is 4.03. The molecule has 1 aromatic carbocycles. The largest absolute Gasteiger partial charge is 0.381 e. The molecule has 0 aromatic heterocycles. The minimum Gasteiger partial charge on any atom is -0.381 e. The van der Waals surface area contributed by atoms with E-state index in [2.05, 4.69) is 5.32 Å². The molecule has 5 nitrogen and oxygen atoms in total. The summed E-state index contributed by atoms with van der Waals surface area (Å²) in [7, 11) is 0. The van der Waals surface area contributed by atoms with Gasteiger partial charge in [-0.15, -0.1) is 0 Å². The summed E-state index contributed by atoms with van der Waals surface area (Å²) in [6.45, 7) is 6.48. The molecule has 136 valence electrons. The smallest absolute Gasteiger partial charge is 0.227 e. The SMILES string of the molecule is CC(C)NC(=O)[C@H]1CN(C(=O)Cc2ccccc2)CC12CCOCC2. The van der Waals surface area contributed by atoms with Crippen LogP contribution in [0.15, 0.2) is 30.3 Å². The Morgan fingerprint density at radius 1 is 1.24 bits per heavy atom. The van der Waals surface area contributed by atoms with Crippen molar-refractivity contribution in [3.63, 3.8) is 0 Å². The minimum atomic E-state index is -0.140. The Hall–Kier alpha value is -1.88. The lowest BCUT2D eigenvalue weighted by Crippen LogP contribution is -2.46. The lowest BCUT2D eigenvalue weighted by atomic mass is 9.71. The first-order valence-electron chi connectivity index (χ1n) is 9.20. The first-order valence-corrected chi connectivity index (χ1v) is 9.20. The number of carbonyl (C=O) groups is 2. The highest BCUT2D eigenvalue weighted by Gasteiger charge is 2.51. The normalized spacial score (nSPS) is 22.4. The van der Waals surface area contributed by atoms with E-state index >= 15 is 0 Å². The van der Waals surface area contributed by atoms with Gasteiger partial charge >= 0.3 is 0 Å². The lowest BCUT2D eigenvalue weighted by molar-refractivity contribution is -0.130. The number of carbonyl (C=O) groups excluding carboxylic acids is 2. The summed E-state index contributed by atoms with van der Waals surface area (Å²) in [5.41, 5.74) is 0.882. The van der Waals surface area contributed by atoms with Gasteiger partial charge in [-0.1, -0.05) is 30.3 Å². The van der Waals surface area contributed by atoms with Crippen molar-refractivity contribution in [2.75, 3.05) is 26.3 Å². The number of likely N-dealkylation sites (tertiary alicyclic amines) is 1. The van der Waals surface area contributed by atoms with E-state index in [4.69, 9.17) is 4.74 Å². The van der Waals surface area contributed by atoms with Crippen LogP contribution in [0.4, 0.5) is 0 Å². The van der Waals surface area contributed by atoms with Crippen LogP contribution in [0, 0.1) is 11.3 Å². The highest BCUT2D eigenvalue weighted by Crippen LogP contribution is 2.44. The molecular formula is C20H28N2O3. The van der Waals surface area contributed by atoms with E-state index in [1.54, 1.807) is 0 Å². The summed E-state index contributed by atoms with van der Waals surface area (Å²) in [4.78, 5) is 27.5. The molecule has 2 fully saturated rings. The molecule has 0 aliphatic carbocycles. The molecule has 2 aliphatic rings. The van der Waals surface area contributed by atoms with Crippen molar-refractivity contribution in [1.29, 1.82) is 0 Å². The van der Waals surface area contributed by atoms with Crippen molar-refractivity contribution in [2.24, 2.45) is 11.3 Å². The maximum absolute atomic E-state index is 12.8. The second-order valence-corrected chi connectivity index (χ2v) is 7.63. The molecule has 3 rings (SSSR count). The molecule has 1 N–H and O–H groups in total. The summed E-state index contributed by atoms with van der Waals surface area (Å²) >= 11 is 0. The third-order valence-electron chi connectivity index (χ3n) is 5.43. The quantitative estimate of drug-likeness (QED) is 0.909. The Morgan fingerprint density at radius 2 is 1.92 bits per heavy atom. The van der Waals surface area contributed by atoms with Crippen LogP contribution in [0.25, 0.3) is 0 Å². The van der Waals surface area contributed by atoms with Crippen LogP contribution in [0.2, 0.25) is 0 Å². The Kier molecular flexibility index (Phi) is 5.42. The fourth-order valence-corrected chi connectivity index (χ4v) is 4.07. The molecular weight excluding hydrogens is 316 g/mol. The number of benzene rings is 1. The highest BCUT2D eigenvalue weighted by atomic mass is 16.5. The van der Waals surface area contributed by atoms with E-state index in [0.29, 0.717) is 32.7 Å². The third-order valence-corrected chi connectivity index (χ3v) is 5.43. The molecule has 0 unspecified atom stereocenters. The van der Waals surface area contributed by atoms with Gasteiger partial charge in [0, 0.05) is 37.8 Å². The molecule has 2 aliphatic heterocycles. The Bertz CT molecular complexity index is 609. The first kappa shape index (κ1) is 17.9. The lowest BCUT2D eigenvalue weighted by Gasteiger charge is -2.37. The molecule has 0 saturated carbocycles. The van der Waals surface area contributed by atoms with E-state index in [1.807, 2.05) is 49.1 Å². The molecule has 2 saturated heterocycles. The summed E-state index contributed by atoms with van der Waals surface area (Å²) in [5, 5.41) is 3.05. The maximum atomic E-state index is 12.8. The predicted octanol–water partition coefficient (Wildman–Crippen LogP) is 2.01. The zero-order valence-corrected chi connectivity index (χ0v) is 15.2. The molecule has 25 heavy (non-hydrogen) atoms. The average molecular weight is 344 g/mol. The number of hydrogen-bond acceptors (Lipinski definition) is 3. The van der Waals surface area contributed by atoms with Crippen LogP contribution in [-0.2, 0) is 20.7 Å². The minimum absolute atomic E-state index is 0.0758. The van der Waals surface area contributed by atoms with Gasteiger partial charge in [0.15, 0.2) is 0 Å². The average Bonchev–Trinajstić information content (AvgIpc) is 2.95. The number of nitrogens with one attached hydrogen (secondary N) is 1. The van der Waals surface area contributed by atoms with Gasteiger partial charge < -0.3 is 15.0 Å². The van der Waals surface area contributed by atoms with Crippen LogP contribution in [0.1, 0.15) is 32.3 Å². The Balaban J connectivity index is 1.74. The second kappa shape index (κ2) is 7.56. The van der Waals surface area contributed by atoms with Crippen LogP contribution in [0.5, 0.6) is 0 Å². The van der Waals surface area contributed by atoms with Gasteiger partial charge in [-0.2, -0.15) is 0 Å². The highest BCUT2D eigenvalue weighted by molar-refractivity contribution is 5.84. The topological polar surface area (TPSA) is 58.6 Å². The zero-order chi connectivity index (χ0) is 17.9.